The summed E-state index contributed by atoms with van der Waals surface area (Å²) in [5.41, 5.74) is 3.43. The van der Waals surface area contributed by atoms with Crippen LogP contribution in [0.2, 0.25) is 0 Å². The third kappa shape index (κ3) is 3.24. The lowest BCUT2D eigenvalue weighted by Crippen LogP contribution is -2.20. The van der Waals surface area contributed by atoms with Crippen molar-refractivity contribution < 1.29 is 15.3 Å². The van der Waals surface area contributed by atoms with E-state index < -0.39 is 0 Å². The molecular formula is C22H24N2O3. The average molecular weight is 364 g/mol. The van der Waals surface area contributed by atoms with Gasteiger partial charge >= 0.3 is 0 Å². The Hall–Kier alpha value is -3.34. The number of benzene rings is 2. The number of H-pyrrole nitrogens is 1. The lowest BCUT2D eigenvalue weighted by atomic mass is 9.96. The van der Waals surface area contributed by atoms with Gasteiger partial charge < -0.3 is 20.3 Å². The van der Waals surface area contributed by atoms with Crippen LogP contribution in [0.15, 0.2) is 61.1 Å². The van der Waals surface area contributed by atoms with Crippen LogP contribution in [0.25, 0.3) is 16.6 Å². The van der Waals surface area contributed by atoms with Gasteiger partial charge in [-0.05, 0) is 49.2 Å². The van der Waals surface area contributed by atoms with Crippen LogP contribution in [0.3, 0.4) is 0 Å². The molecular weight excluding hydrogens is 340 g/mol. The van der Waals surface area contributed by atoms with Crippen molar-refractivity contribution in [2.24, 2.45) is 0 Å². The van der Waals surface area contributed by atoms with E-state index in [0.717, 1.165) is 16.6 Å². The second-order valence-electron chi connectivity index (χ2n) is 6.72. The van der Waals surface area contributed by atoms with Crippen molar-refractivity contribution in [3.05, 3.63) is 72.3 Å². The van der Waals surface area contributed by atoms with E-state index >= 15 is 0 Å². The lowest BCUT2D eigenvalue weighted by molar-refractivity contribution is 0.406. The summed E-state index contributed by atoms with van der Waals surface area (Å²) in [6.07, 6.45) is 3.62. The van der Waals surface area contributed by atoms with Gasteiger partial charge in [0.1, 0.15) is 11.5 Å². The SMILES string of the molecule is C=C(O)N(/C(=C\C)c1cc(C(C)C)c(O)cc1O)c1cccc2[nH]ccc12. The lowest BCUT2D eigenvalue weighted by Gasteiger charge is -2.28. The van der Waals surface area contributed by atoms with Crippen LogP contribution in [0, 0.1) is 0 Å². The van der Waals surface area contributed by atoms with Crippen LogP contribution in [0.5, 0.6) is 11.5 Å². The Labute approximate surface area is 158 Å². The Bertz CT molecular complexity index is 1030. The van der Waals surface area contributed by atoms with Crippen molar-refractivity contribution >= 4 is 22.3 Å². The molecule has 0 bridgehead atoms. The van der Waals surface area contributed by atoms with Crippen molar-refractivity contribution in [3.8, 4) is 11.5 Å². The number of aromatic amines is 1. The highest BCUT2D eigenvalue weighted by Crippen LogP contribution is 2.40. The molecule has 2 aromatic carbocycles. The highest BCUT2D eigenvalue weighted by molar-refractivity contribution is 5.98. The third-order valence-electron chi connectivity index (χ3n) is 4.63. The number of nitrogens with one attached hydrogen (secondary N) is 1. The molecule has 27 heavy (non-hydrogen) atoms. The molecule has 3 rings (SSSR count). The van der Waals surface area contributed by atoms with Gasteiger partial charge in [-0.25, -0.2) is 0 Å². The highest BCUT2D eigenvalue weighted by atomic mass is 16.3. The van der Waals surface area contributed by atoms with E-state index in [1.807, 2.05) is 51.2 Å². The smallest absolute Gasteiger partial charge is 0.188 e. The zero-order chi connectivity index (χ0) is 19.7. The Morgan fingerprint density at radius 2 is 1.89 bits per heavy atom. The molecule has 5 heteroatoms. The molecule has 0 fully saturated rings. The third-order valence-corrected chi connectivity index (χ3v) is 4.63. The van der Waals surface area contributed by atoms with Crippen LogP contribution in [-0.2, 0) is 0 Å². The first-order valence-corrected chi connectivity index (χ1v) is 8.81. The Balaban J connectivity index is 2.23. The number of rotatable bonds is 5. The molecule has 0 spiro atoms. The van der Waals surface area contributed by atoms with E-state index in [2.05, 4.69) is 11.6 Å². The molecule has 0 aliphatic heterocycles. The first-order valence-electron chi connectivity index (χ1n) is 8.81. The van der Waals surface area contributed by atoms with E-state index in [1.54, 1.807) is 17.0 Å². The molecule has 0 atom stereocenters. The predicted molar refractivity (Wildman–Crippen MR) is 110 cm³/mol. The van der Waals surface area contributed by atoms with Gasteiger partial charge in [0.05, 0.1) is 11.4 Å². The number of phenols is 2. The van der Waals surface area contributed by atoms with Gasteiger partial charge in [-0.1, -0.05) is 26.0 Å². The van der Waals surface area contributed by atoms with Crippen molar-refractivity contribution in [3.63, 3.8) is 0 Å². The van der Waals surface area contributed by atoms with Crippen molar-refractivity contribution in [2.75, 3.05) is 4.90 Å². The summed E-state index contributed by atoms with van der Waals surface area (Å²) in [4.78, 5) is 4.74. The van der Waals surface area contributed by atoms with E-state index in [1.165, 1.54) is 6.07 Å². The number of fused-ring (bicyclic) bond motifs is 1. The highest BCUT2D eigenvalue weighted by Gasteiger charge is 2.23. The quantitative estimate of drug-likeness (QED) is 0.444. The van der Waals surface area contributed by atoms with Crippen LogP contribution < -0.4 is 4.90 Å². The standard InChI is InChI=1S/C22H24N2O3/c1-5-19(17-11-16(13(2)3)21(26)12-22(17)27)24(14(4)25)20-8-6-7-18-15(20)9-10-23-18/h5-13,23,25-27H,4H2,1-3H3/b19-5-. The van der Waals surface area contributed by atoms with E-state index in [4.69, 9.17) is 0 Å². The number of aromatic nitrogens is 1. The number of nitrogens with zero attached hydrogens (tertiary/aromatic N) is 1. The molecule has 0 saturated heterocycles. The molecule has 5 nitrogen and oxygen atoms in total. The maximum Gasteiger partial charge on any atom is 0.188 e. The van der Waals surface area contributed by atoms with Gasteiger partial charge in [-0.15, -0.1) is 0 Å². The number of aliphatic hydroxyl groups is 1. The van der Waals surface area contributed by atoms with Gasteiger partial charge in [-0.3, -0.25) is 4.90 Å². The molecule has 1 aromatic heterocycles. The number of hydrogen-bond donors (Lipinski definition) is 4. The second-order valence-corrected chi connectivity index (χ2v) is 6.72. The summed E-state index contributed by atoms with van der Waals surface area (Å²) >= 11 is 0. The summed E-state index contributed by atoms with van der Waals surface area (Å²) in [5.74, 6) is -0.127. The maximum absolute atomic E-state index is 10.5. The van der Waals surface area contributed by atoms with Crippen LogP contribution in [0.4, 0.5) is 5.69 Å². The first-order chi connectivity index (χ1) is 12.8. The Kier molecular flexibility index (Phi) is 4.86. The molecule has 0 unspecified atom stereocenters. The molecule has 140 valence electrons. The van der Waals surface area contributed by atoms with Gasteiger partial charge in [0.2, 0.25) is 0 Å². The number of anilines is 1. The van der Waals surface area contributed by atoms with Crippen LogP contribution >= 0.6 is 0 Å². The molecule has 0 radical (unpaired) electrons. The predicted octanol–water partition coefficient (Wildman–Crippen LogP) is 5.60. The van der Waals surface area contributed by atoms with Crippen molar-refractivity contribution in [2.45, 2.75) is 26.7 Å². The molecule has 0 amide bonds. The minimum Gasteiger partial charge on any atom is -0.508 e. The summed E-state index contributed by atoms with van der Waals surface area (Å²) in [7, 11) is 0. The number of aromatic hydroxyl groups is 2. The summed E-state index contributed by atoms with van der Waals surface area (Å²) in [6, 6.07) is 10.7. The Morgan fingerprint density at radius 3 is 2.52 bits per heavy atom. The molecule has 4 N–H and O–H groups in total. The molecule has 3 aromatic rings. The largest absolute Gasteiger partial charge is 0.508 e. The molecule has 0 aliphatic carbocycles. The molecule has 0 saturated carbocycles. The van der Waals surface area contributed by atoms with E-state index in [9.17, 15) is 15.3 Å². The van der Waals surface area contributed by atoms with E-state index in [0.29, 0.717) is 16.8 Å². The van der Waals surface area contributed by atoms with Gasteiger partial charge in [0, 0.05) is 28.7 Å². The topological polar surface area (TPSA) is 79.7 Å². The van der Waals surface area contributed by atoms with Crippen molar-refractivity contribution in [1.29, 1.82) is 0 Å². The second kappa shape index (κ2) is 7.11. The summed E-state index contributed by atoms with van der Waals surface area (Å²) in [6.45, 7) is 9.48. The molecule has 0 aliphatic rings. The minimum atomic E-state index is -0.171. The number of aliphatic hydroxyl groups excluding tert-OH is 1. The summed E-state index contributed by atoms with van der Waals surface area (Å²) in [5, 5.41) is 32.0. The van der Waals surface area contributed by atoms with Gasteiger partial charge in [0.25, 0.3) is 0 Å². The minimum absolute atomic E-state index is 0.0452. The number of hydrogen-bond acceptors (Lipinski definition) is 4. The average Bonchev–Trinajstić information content (AvgIpc) is 3.08. The van der Waals surface area contributed by atoms with E-state index in [-0.39, 0.29) is 23.3 Å². The van der Waals surface area contributed by atoms with Crippen LogP contribution in [0.1, 0.15) is 37.8 Å². The fourth-order valence-corrected chi connectivity index (χ4v) is 3.34. The van der Waals surface area contributed by atoms with Crippen LogP contribution in [-0.4, -0.2) is 20.3 Å². The monoisotopic (exact) mass is 364 g/mol. The molecule has 1 heterocycles. The first kappa shape index (κ1) is 18.5. The zero-order valence-electron chi connectivity index (χ0n) is 15.7. The van der Waals surface area contributed by atoms with Gasteiger partial charge in [0.15, 0.2) is 5.88 Å². The Morgan fingerprint density at radius 1 is 1.15 bits per heavy atom. The zero-order valence-corrected chi connectivity index (χ0v) is 15.7. The number of phenolic OH excluding ortho intramolecular Hbond substituents is 2. The van der Waals surface area contributed by atoms with Gasteiger partial charge in [-0.2, -0.15) is 0 Å². The fraction of sp³-hybridized carbons (Fsp3) is 0.182. The fourth-order valence-electron chi connectivity index (χ4n) is 3.34. The maximum atomic E-state index is 10.5. The summed E-state index contributed by atoms with van der Waals surface area (Å²) < 4.78 is 0. The van der Waals surface area contributed by atoms with Crippen molar-refractivity contribution in [1.82, 2.24) is 4.98 Å². The number of allylic oxidation sites excluding steroid dienone is 1. The normalized spacial score (nSPS) is 11.9.